The van der Waals surface area contributed by atoms with Gasteiger partial charge in [0.1, 0.15) is 5.75 Å². The van der Waals surface area contributed by atoms with Crippen molar-refractivity contribution in [1.29, 1.82) is 0 Å². The highest BCUT2D eigenvalue weighted by Gasteiger charge is 2.10. The lowest BCUT2D eigenvalue weighted by molar-refractivity contribution is -0.115. The van der Waals surface area contributed by atoms with Gasteiger partial charge in [-0.3, -0.25) is 30.6 Å². The number of carbonyl (C=O) groups is 3. The molecule has 0 aromatic heterocycles. The Morgan fingerprint density at radius 2 is 1.43 bits per heavy atom. The smallest absolute Gasteiger partial charge is 0.269 e. The minimum absolute atomic E-state index is 0.0571. The average molecular weight is 491 g/mol. The molecule has 0 bridgehead atoms. The fraction of sp³-hybridized carbons (Fsp3) is 0.154. The number of hydrogen-bond acceptors (Lipinski definition) is 5. The maximum absolute atomic E-state index is 12.4. The summed E-state index contributed by atoms with van der Waals surface area (Å²) in [5, 5.41) is 5.15. The molecule has 4 N–H and O–H groups in total. The van der Waals surface area contributed by atoms with Crippen LogP contribution in [0.4, 0.5) is 5.69 Å². The van der Waals surface area contributed by atoms with Crippen LogP contribution in [0.15, 0.2) is 78.9 Å². The topological polar surface area (TPSA) is 109 Å². The Bertz CT molecular complexity index is 1170. The predicted octanol–water partition coefficient (Wildman–Crippen LogP) is 3.61. The Balaban J connectivity index is 1.41. The van der Waals surface area contributed by atoms with E-state index >= 15 is 0 Å². The van der Waals surface area contributed by atoms with E-state index < -0.39 is 11.8 Å². The highest BCUT2D eigenvalue weighted by Crippen LogP contribution is 2.13. The second kappa shape index (κ2) is 12.9. The van der Waals surface area contributed by atoms with Gasteiger partial charge in [-0.2, -0.15) is 0 Å². The van der Waals surface area contributed by atoms with Crippen LogP contribution in [0.3, 0.4) is 0 Å². The fourth-order valence-corrected chi connectivity index (χ4v) is 3.12. The van der Waals surface area contributed by atoms with Crippen LogP contribution < -0.4 is 26.2 Å². The zero-order chi connectivity index (χ0) is 25.0. The quantitative estimate of drug-likeness (QED) is 0.284. The number of ether oxygens (including phenoxy) is 1. The monoisotopic (exact) mass is 490 g/mol. The van der Waals surface area contributed by atoms with Crippen molar-refractivity contribution in [1.82, 2.24) is 16.2 Å². The molecule has 0 saturated carbocycles. The Kier molecular flexibility index (Phi) is 9.32. The second-order valence-corrected chi connectivity index (χ2v) is 7.86. The third-order valence-corrected chi connectivity index (χ3v) is 5.09. The summed E-state index contributed by atoms with van der Waals surface area (Å²) in [6.07, 6.45) is 1.15. The number of benzene rings is 3. The third kappa shape index (κ3) is 8.24. The van der Waals surface area contributed by atoms with Gasteiger partial charge in [-0.05, 0) is 66.3 Å². The number of carbonyl (C=O) groups excluding carboxylic acids is 3. The van der Waals surface area contributed by atoms with Crippen LogP contribution in [0.1, 0.15) is 39.6 Å². The van der Waals surface area contributed by atoms with E-state index in [9.17, 15) is 14.4 Å². The average Bonchev–Trinajstić information content (AvgIpc) is 2.88. The van der Waals surface area contributed by atoms with Crippen molar-refractivity contribution in [3.63, 3.8) is 0 Å². The molecular weight excluding hydrogens is 464 g/mol. The van der Waals surface area contributed by atoms with Gasteiger partial charge in [0.15, 0.2) is 5.11 Å². The standard InChI is InChI=1S/C26H26N4O4S/c1-2-23(31)27-21-12-8-20(9-13-21)25(33)29-30-26(35)28-24(32)19-10-14-22(15-11-19)34-17-16-18-6-4-3-5-7-18/h3-15H,2,16-17H2,1H3,(H,27,31)(H,29,33)(H2,28,30,32,35). The number of anilines is 1. The van der Waals surface area contributed by atoms with E-state index in [1.807, 2.05) is 30.3 Å². The van der Waals surface area contributed by atoms with Crippen molar-refractivity contribution >= 4 is 40.7 Å². The Labute approximate surface area is 209 Å². The predicted molar refractivity (Wildman–Crippen MR) is 138 cm³/mol. The van der Waals surface area contributed by atoms with Gasteiger partial charge in [-0.25, -0.2) is 0 Å². The molecule has 0 saturated heterocycles. The van der Waals surface area contributed by atoms with Gasteiger partial charge >= 0.3 is 0 Å². The SMILES string of the molecule is CCC(=O)Nc1ccc(C(=O)NNC(=S)NC(=O)c2ccc(OCCc3ccccc3)cc2)cc1. The first-order chi connectivity index (χ1) is 16.9. The molecule has 0 spiro atoms. The third-order valence-electron chi connectivity index (χ3n) is 4.89. The number of hydrazine groups is 1. The molecule has 3 aromatic carbocycles. The molecule has 9 heteroatoms. The summed E-state index contributed by atoms with van der Waals surface area (Å²) in [5.74, 6) is -0.337. The lowest BCUT2D eigenvalue weighted by atomic mass is 10.2. The fourth-order valence-electron chi connectivity index (χ4n) is 2.98. The molecule has 0 atom stereocenters. The molecule has 0 aliphatic heterocycles. The highest BCUT2D eigenvalue weighted by atomic mass is 32.1. The molecule has 3 aromatic rings. The van der Waals surface area contributed by atoms with Crippen molar-refractivity contribution in [2.45, 2.75) is 19.8 Å². The van der Waals surface area contributed by atoms with Crippen LogP contribution in [0.5, 0.6) is 5.75 Å². The summed E-state index contributed by atoms with van der Waals surface area (Å²) in [6, 6.07) is 23.1. The molecule has 3 amide bonds. The largest absolute Gasteiger partial charge is 0.493 e. The summed E-state index contributed by atoms with van der Waals surface area (Å²) in [7, 11) is 0. The van der Waals surface area contributed by atoms with E-state index in [-0.39, 0.29) is 11.0 Å². The van der Waals surface area contributed by atoms with Crippen LogP contribution in [0.25, 0.3) is 0 Å². The summed E-state index contributed by atoms with van der Waals surface area (Å²) >= 11 is 5.08. The first-order valence-electron chi connectivity index (χ1n) is 11.0. The molecule has 0 aliphatic rings. The highest BCUT2D eigenvalue weighted by molar-refractivity contribution is 7.80. The molecule has 0 radical (unpaired) electrons. The van der Waals surface area contributed by atoms with E-state index in [0.717, 1.165) is 6.42 Å². The lowest BCUT2D eigenvalue weighted by Gasteiger charge is -2.12. The Hall–Kier alpha value is -4.24. The van der Waals surface area contributed by atoms with Crippen molar-refractivity contribution < 1.29 is 19.1 Å². The maximum Gasteiger partial charge on any atom is 0.269 e. The summed E-state index contributed by atoms with van der Waals surface area (Å²) in [4.78, 5) is 36.1. The molecule has 0 heterocycles. The molecule has 180 valence electrons. The number of hydrogen-bond donors (Lipinski definition) is 4. The van der Waals surface area contributed by atoms with E-state index in [4.69, 9.17) is 17.0 Å². The Morgan fingerprint density at radius 3 is 2.09 bits per heavy atom. The van der Waals surface area contributed by atoms with Crippen LogP contribution >= 0.6 is 12.2 Å². The van der Waals surface area contributed by atoms with Crippen LogP contribution in [-0.2, 0) is 11.2 Å². The maximum atomic E-state index is 12.4. The van der Waals surface area contributed by atoms with Crippen LogP contribution in [-0.4, -0.2) is 29.4 Å². The molecule has 0 fully saturated rings. The van der Waals surface area contributed by atoms with Gasteiger partial charge in [0, 0.05) is 29.7 Å². The molecule has 8 nitrogen and oxygen atoms in total. The van der Waals surface area contributed by atoms with Crippen molar-refractivity contribution in [2.75, 3.05) is 11.9 Å². The number of amides is 3. The second-order valence-electron chi connectivity index (χ2n) is 7.45. The summed E-state index contributed by atoms with van der Waals surface area (Å²) in [5.41, 5.74) is 7.44. The molecular formula is C26H26N4O4S. The zero-order valence-corrected chi connectivity index (χ0v) is 20.0. The van der Waals surface area contributed by atoms with Gasteiger partial charge in [0.2, 0.25) is 5.91 Å². The zero-order valence-electron chi connectivity index (χ0n) is 19.2. The van der Waals surface area contributed by atoms with Gasteiger partial charge in [0.05, 0.1) is 6.61 Å². The summed E-state index contributed by atoms with van der Waals surface area (Å²) in [6.45, 7) is 2.28. The molecule has 0 unspecified atom stereocenters. The summed E-state index contributed by atoms with van der Waals surface area (Å²) < 4.78 is 5.73. The van der Waals surface area contributed by atoms with E-state index in [1.165, 1.54) is 5.56 Å². The first kappa shape index (κ1) is 25.4. The van der Waals surface area contributed by atoms with E-state index in [1.54, 1.807) is 55.5 Å². The minimum atomic E-state index is -0.452. The number of thiocarbonyl (C=S) groups is 1. The molecule has 0 aliphatic carbocycles. The van der Waals surface area contributed by atoms with Crippen molar-refractivity contribution in [3.8, 4) is 5.75 Å². The van der Waals surface area contributed by atoms with Crippen molar-refractivity contribution in [2.24, 2.45) is 0 Å². The van der Waals surface area contributed by atoms with Gasteiger partial charge < -0.3 is 10.1 Å². The normalized spacial score (nSPS) is 10.1. The number of rotatable bonds is 8. The van der Waals surface area contributed by atoms with Crippen LogP contribution in [0.2, 0.25) is 0 Å². The minimum Gasteiger partial charge on any atom is -0.493 e. The van der Waals surface area contributed by atoms with E-state index in [0.29, 0.717) is 35.6 Å². The lowest BCUT2D eigenvalue weighted by Crippen LogP contribution is -2.48. The molecule has 35 heavy (non-hydrogen) atoms. The van der Waals surface area contributed by atoms with Gasteiger partial charge in [0.25, 0.3) is 11.8 Å². The Morgan fingerprint density at radius 1 is 0.800 bits per heavy atom. The van der Waals surface area contributed by atoms with E-state index in [2.05, 4.69) is 21.5 Å². The van der Waals surface area contributed by atoms with Crippen LogP contribution in [0, 0.1) is 0 Å². The number of nitrogens with one attached hydrogen (secondary N) is 4. The first-order valence-corrected chi connectivity index (χ1v) is 11.4. The van der Waals surface area contributed by atoms with Crippen molar-refractivity contribution in [3.05, 3.63) is 95.6 Å². The molecule has 3 rings (SSSR count). The van der Waals surface area contributed by atoms with Gasteiger partial charge in [-0.15, -0.1) is 0 Å². The van der Waals surface area contributed by atoms with Gasteiger partial charge in [-0.1, -0.05) is 37.3 Å².